The number of likely N-dealkylation sites (tertiary alicyclic amines) is 1. The number of aromatic nitrogens is 1. The van der Waals surface area contributed by atoms with Gasteiger partial charge in [-0.3, -0.25) is 4.98 Å². The van der Waals surface area contributed by atoms with Crippen molar-refractivity contribution >= 4 is 6.09 Å². The second-order valence-corrected chi connectivity index (χ2v) is 3.99. The maximum Gasteiger partial charge on any atom is 0.407 e. The van der Waals surface area contributed by atoms with Gasteiger partial charge in [-0.25, -0.2) is 4.79 Å². The van der Waals surface area contributed by atoms with Gasteiger partial charge in [0.2, 0.25) is 0 Å². The molecular weight excluding hydrogens is 208 g/mol. The quantitative estimate of drug-likeness (QED) is 0.780. The van der Waals surface area contributed by atoms with Crippen molar-refractivity contribution in [3.63, 3.8) is 0 Å². The van der Waals surface area contributed by atoms with Crippen LogP contribution in [0.4, 0.5) is 4.79 Å². The second kappa shape index (κ2) is 4.49. The molecule has 5 nitrogen and oxygen atoms in total. The first kappa shape index (κ1) is 10.9. The number of nitrogens with zero attached hydrogens (tertiary/aromatic N) is 2. The molecule has 0 bridgehead atoms. The van der Waals surface area contributed by atoms with Crippen molar-refractivity contribution in [2.24, 2.45) is 0 Å². The van der Waals surface area contributed by atoms with Crippen LogP contribution in [0.3, 0.4) is 0 Å². The molecule has 16 heavy (non-hydrogen) atoms. The minimum atomic E-state index is -0.967. The number of hydrogen-bond acceptors (Lipinski definition) is 3. The Morgan fingerprint density at radius 2 is 2.44 bits per heavy atom. The van der Waals surface area contributed by atoms with Crippen LogP contribution in [0, 0.1) is 0 Å². The number of amides is 1. The van der Waals surface area contributed by atoms with E-state index >= 15 is 0 Å². The van der Waals surface area contributed by atoms with Gasteiger partial charge in [0.05, 0.1) is 12.6 Å². The zero-order valence-corrected chi connectivity index (χ0v) is 8.78. The van der Waals surface area contributed by atoms with Gasteiger partial charge < -0.3 is 15.1 Å². The van der Waals surface area contributed by atoms with Gasteiger partial charge in [-0.05, 0) is 18.1 Å². The Morgan fingerprint density at radius 1 is 1.62 bits per heavy atom. The molecule has 5 heteroatoms. The van der Waals surface area contributed by atoms with Gasteiger partial charge in [0.15, 0.2) is 0 Å². The molecule has 1 aromatic heterocycles. The molecule has 1 aromatic rings. The Hall–Kier alpha value is -1.62. The number of carbonyl (C=O) groups is 1. The van der Waals surface area contributed by atoms with Gasteiger partial charge in [0, 0.05) is 24.9 Å². The van der Waals surface area contributed by atoms with Crippen LogP contribution in [0.15, 0.2) is 24.5 Å². The van der Waals surface area contributed by atoms with Gasteiger partial charge in [-0.15, -0.1) is 0 Å². The molecule has 2 unspecified atom stereocenters. The fraction of sp³-hybridized carbons (Fsp3) is 0.455. The monoisotopic (exact) mass is 222 g/mol. The maximum absolute atomic E-state index is 10.9. The third-order valence-electron chi connectivity index (χ3n) is 3.03. The smallest absolute Gasteiger partial charge is 0.407 e. The summed E-state index contributed by atoms with van der Waals surface area (Å²) in [7, 11) is 0. The van der Waals surface area contributed by atoms with E-state index in [0.717, 1.165) is 5.56 Å². The van der Waals surface area contributed by atoms with E-state index in [1.165, 1.54) is 4.90 Å². The van der Waals surface area contributed by atoms with E-state index in [9.17, 15) is 4.79 Å². The molecule has 1 fully saturated rings. The summed E-state index contributed by atoms with van der Waals surface area (Å²) in [5.74, 6) is 0.141. The van der Waals surface area contributed by atoms with Crippen LogP contribution in [0.25, 0.3) is 0 Å². The van der Waals surface area contributed by atoms with Crippen LogP contribution < -0.4 is 0 Å². The Kier molecular flexibility index (Phi) is 3.05. The number of aliphatic hydroxyl groups is 1. The van der Waals surface area contributed by atoms with Crippen molar-refractivity contribution in [3.05, 3.63) is 30.1 Å². The second-order valence-electron chi connectivity index (χ2n) is 3.99. The van der Waals surface area contributed by atoms with E-state index < -0.39 is 6.09 Å². The lowest BCUT2D eigenvalue weighted by Gasteiger charge is -2.18. The van der Waals surface area contributed by atoms with E-state index in [-0.39, 0.29) is 18.6 Å². The van der Waals surface area contributed by atoms with Gasteiger partial charge in [0.25, 0.3) is 0 Å². The molecular formula is C11H14N2O3. The predicted octanol–water partition coefficient (Wildman–Crippen LogP) is 0.910. The van der Waals surface area contributed by atoms with Gasteiger partial charge in [0.1, 0.15) is 0 Å². The minimum absolute atomic E-state index is 0.122. The lowest BCUT2D eigenvalue weighted by atomic mass is 9.98. The summed E-state index contributed by atoms with van der Waals surface area (Å²) in [5.41, 5.74) is 1.03. The molecule has 0 aliphatic carbocycles. The molecule has 0 aromatic carbocycles. The Bertz CT molecular complexity index is 369. The average molecular weight is 222 g/mol. The summed E-state index contributed by atoms with van der Waals surface area (Å²) in [6.45, 7) is 0.315. The fourth-order valence-electron chi connectivity index (χ4n) is 2.18. The number of aliphatic hydroxyl groups excluding tert-OH is 1. The average Bonchev–Trinajstić information content (AvgIpc) is 2.74. The summed E-state index contributed by atoms with van der Waals surface area (Å²) < 4.78 is 0. The molecule has 86 valence electrons. The van der Waals surface area contributed by atoms with Crippen molar-refractivity contribution < 1.29 is 15.0 Å². The zero-order valence-electron chi connectivity index (χ0n) is 8.78. The van der Waals surface area contributed by atoms with E-state index in [2.05, 4.69) is 4.98 Å². The summed E-state index contributed by atoms with van der Waals surface area (Å²) >= 11 is 0. The van der Waals surface area contributed by atoms with Crippen molar-refractivity contribution in [1.82, 2.24) is 9.88 Å². The molecule has 0 saturated carbocycles. The Morgan fingerprint density at radius 3 is 2.94 bits per heavy atom. The van der Waals surface area contributed by atoms with Gasteiger partial charge in [-0.1, -0.05) is 6.07 Å². The normalized spacial score (nSPS) is 24.7. The lowest BCUT2D eigenvalue weighted by molar-refractivity contribution is 0.118. The van der Waals surface area contributed by atoms with Crippen LogP contribution in [-0.4, -0.2) is 45.4 Å². The highest BCUT2D eigenvalue weighted by atomic mass is 16.4. The van der Waals surface area contributed by atoms with Crippen LogP contribution in [0.5, 0.6) is 0 Å². The number of pyridine rings is 1. The molecule has 0 radical (unpaired) electrons. The van der Waals surface area contributed by atoms with Crippen molar-refractivity contribution in [1.29, 1.82) is 0 Å². The van der Waals surface area contributed by atoms with Crippen LogP contribution >= 0.6 is 0 Å². The Labute approximate surface area is 93.3 Å². The highest BCUT2D eigenvalue weighted by Gasteiger charge is 2.35. The molecule has 1 aliphatic heterocycles. The van der Waals surface area contributed by atoms with E-state index in [4.69, 9.17) is 10.2 Å². The molecule has 1 aliphatic rings. The Balaban J connectivity index is 2.14. The summed E-state index contributed by atoms with van der Waals surface area (Å²) in [4.78, 5) is 16.3. The summed E-state index contributed by atoms with van der Waals surface area (Å²) in [6, 6.07) is 3.49. The van der Waals surface area contributed by atoms with E-state index in [1.54, 1.807) is 12.4 Å². The molecule has 0 spiro atoms. The maximum atomic E-state index is 10.9. The highest BCUT2D eigenvalue weighted by Crippen LogP contribution is 2.30. The molecule has 1 saturated heterocycles. The van der Waals surface area contributed by atoms with Gasteiger partial charge >= 0.3 is 6.09 Å². The SMILES string of the molecule is O=C(O)N1CC(c2cccnc2)CC1CO. The van der Waals surface area contributed by atoms with Crippen LogP contribution in [-0.2, 0) is 0 Å². The number of rotatable bonds is 2. The number of carboxylic acid groups (broad SMARTS) is 1. The molecule has 2 N–H and O–H groups in total. The molecule has 2 rings (SSSR count). The van der Waals surface area contributed by atoms with Gasteiger partial charge in [-0.2, -0.15) is 0 Å². The lowest BCUT2D eigenvalue weighted by Crippen LogP contribution is -2.36. The molecule has 1 amide bonds. The first-order valence-corrected chi connectivity index (χ1v) is 5.22. The summed E-state index contributed by atoms with van der Waals surface area (Å²) in [6.07, 6.45) is 3.14. The van der Waals surface area contributed by atoms with Crippen molar-refractivity contribution in [2.45, 2.75) is 18.4 Å². The first-order valence-electron chi connectivity index (χ1n) is 5.22. The van der Waals surface area contributed by atoms with Crippen molar-refractivity contribution in [3.8, 4) is 0 Å². The first-order chi connectivity index (χ1) is 7.72. The third kappa shape index (κ3) is 1.99. The minimum Gasteiger partial charge on any atom is -0.465 e. The van der Waals surface area contributed by atoms with Crippen LogP contribution in [0.1, 0.15) is 17.9 Å². The third-order valence-corrected chi connectivity index (χ3v) is 3.03. The largest absolute Gasteiger partial charge is 0.465 e. The standard InChI is InChI=1S/C11H14N2O3/c14-7-10-4-9(6-13(10)11(15)16)8-2-1-3-12-5-8/h1-3,5,9-10,14H,4,6-7H2,(H,15,16). The number of hydrogen-bond donors (Lipinski definition) is 2. The highest BCUT2D eigenvalue weighted by molar-refractivity contribution is 5.66. The van der Waals surface area contributed by atoms with Crippen LogP contribution in [0.2, 0.25) is 0 Å². The van der Waals surface area contributed by atoms with E-state index in [0.29, 0.717) is 13.0 Å². The summed E-state index contributed by atoms with van der Waals surface area (Å²) in [5, 5.41) is 18.1. The topological polar surface area (TPSA) is 73.7 Å². The zero-order chi connectivity index (χ0) is 11.5. The predicted molar refractivity (Wildman–Crippen MR) is 57.2 cm³/mol. The fourth-order valence-corrected chi connectivity index (χ4v) is 2.18. The molecule has 2 atom stereocenters. The van der Waals surface area contributed by atoms with E-state index in [1.807, 2.05) is 12.1 Å². The van der Waals surface area contributed by atoms with Crippen molar-refractivity contribution in [2.75, 3.05) is 13.2 Å². The molecule has 2 heterocycles.